The topological polar surface area (TPSA) is 41.8 Å². The molecule has 0 aliphatic heterocycles. The van der Waals surface area contributed by atoms with Crippen LogP contribution in [0.3, 0.4) is 0 Å². The molecule has 0 aromatic heterocycles. The van der Waals surface area contributed by atoms with Gasteiger partial charge < -0.3 is 0 Å². The summed E-state index contributed by atoms with van der Waals surface area (Å²) >= 11 is 8.65. The maximum Gasteiger partial charge on any atom is 0.214 e. The number of carbonyl (C=O) groups is 1. The Hall–Kier alpha value is 0.0600. The van der Waals surface area contributed by atoms with Gasteiger partial charge in [0.05, 0.1) is 0 Å². The second-order valence-corrected chi connectivity index (χ2v) is 2.59. The number of thioether (sulfide) groups is 1. The molecule has 0 aromatic carbocycles. The van der Waals surface area contributed by atoms with Crippen molar-refractivity contribution in [1.29, 1.82) is 0 Å². The standard InChI is InChI=1S/C3H4N2OS3/c1-2(6)9-3(4-7)5-8/h7H,1H3/b4-3+. The first-order valence-electron chi connectivity index (χ1n) is 1.94. The zero-order valence-corrected chi connectivity index (χ0v) is 7.09. The SMILES string of the molecule is CC(=O)S/C(N=S)=N/S. The van der Waals surface area contributed by atoms with Crippen molar-refractivity contribution >= 4 is 47.3 Å². The molecule has 0 heterocycles. The van der Waals surface area contributed by atoms with E-state index in [4.69, 9.17) is 0 Å². The van der Waals surface area contributed by atoms with Gasteiger partial charge in [0.2, 0.25) is 5.17 Å². The van der Waals surface area contributed by atoms with Crippen LogP contribution < -0.4 is 0 Å². The Bertz CT molecular complexity index is 155. The lowest BCUT2D eigenvalue weighted by atomic mass is 10.9. The number of hydrogen-bond acceptors (Lipinski definition) is 5. The first-order chi connectivity index (χ1) is 4.20. The van der Waals surface area contributed by atoms with Crippen LogP contribution in [0.1, 0.15) is 6.92 Å². The number of carbonyl (C=O) groups excluding carboxylic acids is 1. The van der Waals surface area contributed by atoms with Crippen molar-refractivity contribution in [2.24, 2.45) is 8.76 Å². The van der Waals surface area contributed by atoms with Gasteiger partial charge in [-0.15, -0.1) is 0 Å². The third-order valence-electron chi connectivity index (χ3n) is 0.399. The molecule has 0 unspecified atom stereocenters. The molecule has 0 radical (unpaired) electrons. The summed E-state index contributed by atoms with van der Waals surface area (Å²) in [5, 5.41) is 0.109. The van der Waals surface area contributed by atoms with Crippen molar-refractivity contribution in [2.45, 2.75) is 6.92 Å². The molecular formula is C3H4N2OS3. The molecule has 0 saturated carbocycles. The van der Waals surface area contributed by atoms with Gasteiger partial charge in [0.25, 0.3) is 0 Å². The normalized spacial score (nSPS) is 11.1. The van der Waals surface area contributed by atoms with E-state index < -0.39 is 0 Å². The maximum atomic E-state index is 10.3. The van der Waals surface area contributed by atoms with Crippen LogP contribution in [0.2, 0.25) is 0 Å². The zero-order chi connectivity index (χ0) is 7.28. The van der Waals surface area contributed by atoms with E-state index in [0.717, 1.165) is 11.8 Å². The quantitative estimate of drug-likeness (QED) is 0.346. The fraction of sp³-hybridized carbons (Fsp3) is 0.333. The molecule has 0 aromatic rings. The molecule has 0 spiro atoms. The predicted molar refractivity (Wildman–Crippen MR) is 44.5 cm³/mol. The first kappa shape index (κ1) is 9.06. The Balaban J connectivity index is 3.86. The van der Waals surface area contributed by atoms with E-state index in [1.807, 2.05) is 0 Å². The van der Waals surface area contributed by atoms with Gasteiger partial charge in [-0.2, -0.15) is 8.76 Å². The highest BCUT2D eigenvalue weighted by Crippen LogP contribution is 2.06. The monoisotopic (exact) mass is 180 g/mol. The number of hydrogen-bond donors (Lipinski definition) is 1. The van der Waals surface area contributed by atoms with Crippen molar-refractivity contribution < 1.29 is 4.79 Å². The fourth-order valence-electron chi connectivity index (χ4n) is 0.186. The van der Waals surface area contributed by atoms with Gasteiger partial charge in [0, 0.05) is 19.3 Å². The predicted octanol–water partition coefficient (Wildman–Crippen LogP) is 1.20. The van der Waals surface area contributed by atoms with E-state index in [9.17, 15) is 4.79 Å². The largest absolute Gasteiger partial charge is 0.287 e. The summed E-state index contributed by atoms with van der Waals surface area (Å²) in [5.74, 6) is 0. The minimum Gasteiger partial charge on any atom is -0.287 e. The van der Waals surface area contributed by atoms with Crippen molar-refractivity contribution in [1.82, 2.24) is 0 Å². The Labute approximate surface area is 68.0 Å². The average molecular weight is 180 g/mol. The molecule has 0 saturated heterocycles. The molecule has 6 heteroatoms. The van der Waals surface area contributed by atoms with Gasteiger partial charge in [-0.25, -0.2) is 0 Å². The minimum absolute atomic E-state index is 0.101. The summed E-state index contributed by atoms with van der Waals surface area (Å²) in [7, 11) is 0. The second-order valence-electron chi connectivity index (χ2n) is 1.07. The van der Waals surface area contributed by atoms with Gasteiger partial charge in [0.15, 0.2) is 5.12 Å². The highest BCUT2D eigenvalue weighted by atomic mass is 32.2. The van der Waals surface area contributed by atoms with Gasteiger partial charge in [-0.05, 0) is 24.6 Å². The number of amidine groups is 1. The Morgan fingerprint density at radius 2 is 2.33 bits per heavy atom. The number of rotatable bonds is 0. The number of nitrogens with zero attached hydrogens (tertiary/aromatic N) is 2. The second kappa shape index (κ2) is 4.89. The van der Waals surface area contributed by atoms with Crippen LogP contribution in [0.15, 0.2) is 8.76 Å². The first-order valence-corrected chi connectivity index (χ1v) is 3.52. The summed E-state index contributed by atoms with van der Waals surface area (Å²) in [4.78, 5) is 10.3. The highest BCUT2D eigenvalue weighted by Gasteiger charge is 1.99. The van der Waals surface area contributed by atoms with Crippen LogP contribution in [-0.4, -0.2) is 10.3 Å². The van der Waals surface area contributed by atoms with E-state index in [0.29, 0.717) is 0 Å². The summed E-state index contributed by atoms with van der Waals surface area (Å²) in [6.07, 6.45) is 0. The van der Waals surface area contributed by atoms with Crippen molar-refractivity contribution in [3.8, 4) is 0 Å². The maximum absolute atomic E-state index is 10.3. The van der Waals surface area contributed by atoms with E-state index >= 15 is 0 Å². The Kier molecular flexibility index (Phi) is 4.93. The van der Waals surface area contributed by atoms with Crippen molar-refractivity contribution in [3.63, 3.8) is 0 Å². The molecular weight excluding hydrogens is 176 g/mol. The van der Waals surface area contributed by atoms with Crippen LogP contribution in [0.5, 0.6) is 0 Å². The smallest absolute Gasteiger partial charge is 0.214 e. The molecule has 0 aliphatic carbocycles. The van der Waals surface area contributed by atoms with Crippen LogP contribution in [0.25, 0.3) is 0 Å². The Morgan fingerprint density at radius 1 is 1.78 bits per heavy atom. The van der Waals surface area contributed by atoms with Crippen LogP contribution in [-0.2, 0) is 17.2 Å². The summed E-state index contributed by atoms with van der Waals surface area (Å²) in [6, 6.07) is 0. The third-order valence-corrected chi connectivity index (χ3v) is 1.66. The van der Waals surface area contributed by atoms with Gasteiger partial charge >= 0.3 is 0 Å². The van der Waals surface area contributed by atoms with E-state index in [1.165, 1.54) is 6.92 Å². The van der Waals surface area contributed by atoms with E-state index in [-0.39, 0.29) is 10.3 Å². The average Bonchev–Trinajstić information content (AvgIpc) is 1.82. The van der Waals surface area contributed by atoms with E-state index in [1.54, 1.807) is 0 Å². The molecule has 0 rings (SSSR count). The van der Waals surface area contributed by atoms with Gasteiger partial charge in [-0.3, -0.25) is 4.79 Å². The number of thiol groups is 1. The molecule has 0 amide bonds. The minimum atomic E-state index is -0.101. The van der Waals surface area contributed by atoms with Gasteiger partial charge in [-0.1, -0.05) is 0 Å². The summed E-state index contributed by atoms with van der Waals surface area (Å²) < 4.78 is 6.57. The summed E-state index contributed by atoms with van der Waals surface area (Å²) in [6.45, 7) is 1.41. The van der Waals surface area contributed by atoms with Crippen LogP contribution in [0.4, 0.5) is 0 Å². The molecule has 0 N–H and O–H groups in total. The molecule has 0 aliphatic rings. The van der Waals surface area contributed by atoms with Crippen LogP contribution in [0, 0.1) is 0 Å². The molecule has 0 atom stereocenters. The lowest BCUT2D eigenvalue weighted by molar-refractivity contribution is -0.109. The highest BCUT2D eigenvalue weighted by molar-refractivity contribution is 8.26. The molecule has 9 heavy (non-hydrogen) atoms. The molecule has 50 valence electrons. The summed E-state index contributed by atoms with van der Waals surface area (Å²) in [5.41, 5.74) is 0. The molecule has 0 bridgehead atoms. The third kappa shape index (κ3) is 4.56. The molecule has 0 fully saturated rings. The molecule has 3 nitrogen and oxygen atoms in total. The van der Waals surface area contributed by atoms with E-state index in [2.05, 4.69) is 34.0 Å². The van der Waals surface area contributed by atoms with Gasteiger partial charge in [0.1, 0.15) is 0 Å². The van der Waals surface area contributed by atoms with Crippen molar-refractivity contribution in [2.75, 3.05) is 0 Å². The Morgan fingerprint density at radius 3 is 2.44 bits per heavy atom. The fourth-order valence-corrected chi connectivity index (χ4v) is 0.901. The lowest BCUT2D eigenvalue weighted by Gasteiger charge is -1.87. The zero-order valence-electron chi connectivity index (χ0n) is 4.57. The van der Waals surface area contributed by atoms with Crippen molar-refractivity contribution in [3.05, 3.63) is 0 Å². The van der Waals surface area contributed by atoms with Crippen LogP contribution >= 0.6 is 24.6 Å². The lowest BCUT2D eigenvalue weighted by Crippen LogP contribution is -1.88.